The van der Waals surface area contributed by atoms with Crippen LogP contribution in [0.2, 0.25) is 0 Å². The van der Waals surface area contributed by atoms with Crippen molar-refractivity contribution in [1.82, 2.24) is 9.88 Å². The van der Waals surface area contributed by atoms with Crippen LogP contribution < -0.4 is 5.32 Å². The van der Waals surface area contributed by atoms with Gasteiger partial charge in [0.25, 0.3) is 0 Å². The number of pyridine rings is 1. The Kier molecular flexibility index (Phi) is 4.92. The lowest BCUT2D eigenvalue weighted by Gasteiger charge is -2.17. The van der Waals surface area contributed by atoms with Crippen molar-refractivity contribution in [1.29, 1.82) is 0 Å². The van der Waals surface area contributed by atoms with Gasteiger partial charge in [0.2, 0.25) is 5.91 Å². The molecule has 4 nitrogen and oxygen atoms in total. The standard InChI is InChI=1S/C12H19N3O/c1-4-15(5-2)9-11-7-6-8-12(14-11)13-10(3)16/h6-8H,4-5,9H2,1-3H3,(H,13,14,16). The predicted octanol–water partition coefficient (Wildman–Crippen LogP) is 1.88. The van der Waals surface area contributed by atoms with Gasteiger partial charge < -0.3 is 5.32 Å². The Bertz CT molecular complexity index is 348. The van der Waals surface area contributed by atoms with E-state index >= 15 is 0 Å². The molecule has 1 aromatic rings. The number of nitrogens with one attached hydrogen (secondary N) is 1. The molecule has 0 aliphatic carbocycles. The first-order valence-corrected chi connectivity index (χ1v) is 5.61. The largest absolute Gasteiger partial charge is 0.311 e. The second-order valence-corrected chi connectivity index (χ2v) is 3.66. The molecule has 0 unspecified atom stereocenters. The van der Waals surface area contributed by atoms with E-state index in [9.17, 15) is 4.79 Å². The van der Waals surface area contributed by atoms with Crippen LogP contribution in [0.25, 0.3) is 0 Å². The lowest BCUT2D eigenvalue weighted by molar-refractivity contribution is -0.114. The van der Waals surface area contributed by atoms with E-state index in [4.69, 9.17) is 0 Å². The molecule has 16 heavy (non-hydrogen) atoms. The Labute approximate surface area is 96.7 Å². The minimum Gasteiger partial charge on any atom is -0.311 e. The van der Waals surface area contributed by atoms with Crippen molar-refractivity contribution in [2.75, 3.05) is 18.4 Å². The first-order chi connectivity index (χ1) is 7.65. The highest BCUT2D eigenvalue weighted by Crippen LogP contribution is 2.07. The zero-order chi connectivity index (χ0) is 12.0. The smallest absolute Gasteiger partial charge is 0.222 e. The number of carbonyl (C=O) groups excluding carboxylic acids is 1. The number of carbonyl (C=O) groups is 1. The lowest BCUT2D eigenvalue weighted by Crippen LogP contribution is -2.23. The normalized spacial score (nSPS) is 10.5. The predicted molar refractivity (Wildman–Crippen MR) is 65.2 cm³/mol. The third-order valence-electron chi connectivity index (χ3n) is 2.39. The molecule has 0 aliphatic rings. The summed E-state index contributed by atoms with van der Waals surface area (Å²) in [6.45, 7) is 8.56. The summed E-state index contributed by atoms with van der Waals surface area (Å²) in [6, 6.07) is 5.69. The minimum atomic E-state index is -0.0903. The molecule has 1 aromatic heterocycles. The van der Waals surface area contributed by atoms with E-state index in [0.717, 1.165) is 25.3 Å². The van der Waals surface area contributed by atoms with E-state index in [-0.39, 0.29) is 5.91 Å². The zero-order valence-electron chi connectivity index (χ0n) is 10.2. The molecule has 0 atom stereocenters. The van der Waals surface area contributed by atoms with Gasteiger partial charge in [-0.3, -0.25) is 9.69 Å². The highest BCUT2D eigenvalue weighted by atomic mass is 16.1. The van der Waals surface area contributed by atoms with E-state index in [1.165, 1.54) is 6.92 Å². The van der Waals surface area contributed by atoms with Crippen LogP contribution in [-0.2, 0) is 11.3 Å². The maximum atomic E-state index is 10.9. The molecule has 1 rings (SSSR count). The molecule has 0 saturated carbocycles. The molecular weight excluding hydrogens is 202 g/mol. The summed E-state index contributed by atoms with van der Waals surface area (Å²) in [4.78, 5) is 17.6. The maximum Gasteiger partial charge on any atom is 0.222 e. The van der Waals surface area contributed by atoms with Gasteiger partial charge in [-0.25, -0.2) is 4.98 Å². The number of aromatic nitrogens is 1. The van der Waals surface area contributed by atoms with Crippen LogP contribution in [0.1, 0.15) is 26.5 Å². The van der Waals surface area contributed by atoms with Crippen LogP contribution in [-0.4, -0.2) is 28.9 Å². The van der Waals surface area contributed by atoms with Gasteiger partial charge in [-0.05, 0) is 25.2 Å². The lowest BCUT2D eigenvalue weighted by atomic mass is 10.3. The number of rotatable bonds is 5. The van der Waals surface area contributed by atoms with Crippen LogP contribution in [0.15, 0.2) is 18.2 Å². The second-order valence-electron chi connectivity index (χ2n) is 3.66. The van der Waals surface area contributed by atoms with Gasteiger partial charge in [0.15, 0.2) is 0 Å². The molecule has 1 heterocycles. The highest BCUT2D eigenvalue weighted by molar-refractivity contribution is 5.87. The van der Waals surface area contributed by atoms with Gasteiger partial charge in [-0.1, -0.05) is 19.9 Å². The second kappa shape index (κ2) is 6.23. The van der Waals surface area contributed by atoms with Crippen molar-refractivity contribution in [2.45, 2.75) is 27.3 Å². The highest BCUT2D eigenvalue weighted by Gasteiger charge is 2.03. The number of hydrogen-bond acceptors (Lipinski definition) is 3. The average molecular weight is 221 g/mol. The average Bonchev–Trinajstić information content (AvgIpc) is 2.25. The molecule has 0 spiro atoms. The number of anilines is 1. The quantitative estimate of drug-likeness (QED) is 0.825. The first kappa shape index (κ1) is 12.6. The van der Waals surface area contributed by atoms with E-state index in [2.05, 4.69) is 29.0 Å². The maximum absolute atomic E-state index is 10.9. The fourth-order valence-corrected chi connectivity index (χ4v) is 1.49. The number of hydrogen-bond donors (Lipinski definition) is 1. The molecule has 1 N–H and O–H groups in total. The monoisotopic (exact) mass is 221 g/mol. The summed E-state index contributed by atoms with van der Waals surface area (Å²) in [7, 11) is 0. The summed E-state index contributed by atoms with van der Waals surface area (Å²) >= 11 is 0. The molecule has 1 amide bonds. The van der Waals surface area contributed by atoms with Crippen LogP contribution >= 0.6 is 0 Å². The third kappa shape index (κ3) is 3.98. The summed E-state index contributed by atoms with van der Waals surface area (Å²) in [5.41, 5.74) is 0.981. The van der Waals surface area contributed by atoms with Gasteiger partial charge in [-0.15, -0.1) is 0 Å². The molecule has 0 aliphatic heterocycles. The van der Waals surface area contributed by atoms with E-state index in [1.807, 2.05) is 12.1 Å². The van der Waals surface area contributed by atoms with Crippen molar-refractivity contribution < 1.29 is 4.79 Å². The topological polar surface area (TPSA) is 45.2 Å². The van der Waals surface area contributed by atoms with E-state index in [0.29, 0.717) is 5.82 Å². The van der Waals surface area contributed by atoms with Gasteiger partial charge in [0.1, 0.15) is 5.82 Å². The van der Waals surface area contributed by atoms with Crippen LogP contribution in [0.5, 0.6) is 0 Å². The van der Waals surface area contributed by atoms with E-state index < -0.39 is 0 Å². The Balaban J connectivity index is 2.70. The minimum absolute atomic E-state index is 0.0903. The third-order valence-corrected chi connectivity index (χ3v) is 2.39. The summed E-state index contributed by atoms with van der Waals surface area (Å²) in [5.74, 6) is 0.532. The number of nitrogens with zero attached hydrogens (tertiary/aromatic N) is 2. The first-order valence-electron chi connectivity index (χ1n) is 5.61. The molecular formula is C12H19N3O. The molecule has 0 bridgehead atoms. The Morgan fingerprint density at radius 2 is 2.06 bits per heavy atom. The molecule has 0 aromatic carbocycles. The summed E-state index contributed by atoms with van der Waals surface area (Å²) < 4.78 is 0. The van der Waals surface area contributed by atoms with Crippen molar-refractivity contribution >= 4 is 11.7 Å². The number of amides is 1. The van der Waals surface area contributed by atoms with Gasteiger partial charge in [0.05, 0.1) is 5.69 Å². The van der Waals surface area contributed by atoms with Gasteiger partial charge >= 0.3 is 0 Å². The van der Waals surface area contributed by atoms with Crippen molar-refractivity contribution in [3.05, 3.63) is 23.9 Å². The van der Waals surface area contributed by atoms with Crippen LogP contribution in [0, 0.1) is 0 Å². The zero-order valence-corrected chi connectivity index (χ0v) is 10.2. The van der Waals surface area contributed by atoms with Gasteiger partial charge in [0, 0.05) is 13.5 Å². The fourth-order valence-electron chi connectivity index (χ4n) is 1.49. The SMILES string of the molecule is CCN(CC)Cc1cccc(NC(C)=O)n1. The molecule has 4 heteroatoms. The Hall–Kier alpha value is -1.42. The van der Waals surface area contributed by atoms with Crippen molar-refractivity contribution in [2.24, 2.45) is 0 Å². The van der Waals surface area contributed by atoms with E-state index in [1.54, 1.807) is 6.07 Å². The van der Waals surface area contributed by atoms with Crippen molar-refractivity contribution in [3.63, 3.8) is 0 Å². The summed E-state index contributed by atoms with van der Waals surface area (Å²) in [6.07, 6.45) is 0. The van der Waals surface area contributed by atoms with Gasteiger partial charge in [-0.2, -0.15) is 0 Å². The molecule has 0 radical (unpaired) electrons. The molecule has 88 valence electrons. The van der Waals surface area contributed by atoms with Crippen LogP contribution in [0.3, 0.4) is 0 Å². The van der Waals surface area contributed by atoms with Crippen molar-refractivity contribution in [3.8, 4) is 0 Å². The Morgan fingerprint density at radius 3 is 2.62 bits per heavy atom. The molecule has 0 fully saturated rings. The van der Waals surface area contributed by atoms with Crippen LogP contribution in [0.4, 0.5) is 5.82 Å². The Morgan fingerprint density at radius 1 is 1.38 bits per heavy atom. The summed E-state index contributed by atoms with van der Waals surface area (Å²) in [5, 5.41) is 2.69. The fraction of sp³-hybridized carbons (Fsp3) is 0.500. The molecule has 0 saturated heterocycles.